The molecule has 0 N–H and O–H groups in total. The summed E-state index contributed by atoms with van der Waals surface area (Å²) in [5.74, 6) is -2.34. The van der Waals surface area contributed by atoms with Crippen LogP contribution < -0.4 is 0 Å². The maximum absolute atomic E-state index is 12.0. The van der Waals surface area contributed by atoms with Gasteiger partial charge in [-0.25, -0.2) is 9.59 Å². The fraction of sp³-hybridized carbons (Fsp3) is 0.583. The topological polar surface area (TPSA) is 85.6 Å². The molecule has 6 atom stereocenters. The standard InChI is InChI=1S/C12H11NO5/c1-3-7(14)18-12-6(4-13)8-5(2)9(10(12)16-8)17-11(12)15/h3,5-6,8-10H,1H2,2H3. The predicted octanol–water partition coefficient (Wildman–Crippen LogP) is -0.0633. The van der Waals surface area contributed by atoms with E-state index in [0.29, 0.717) is 0 Å². The van der Waals surface area contributed by atoms with Crippen LogP contribution >= 0.6 is 0 Å². The lowest BCUT2D eigenvalue weighted by Gasteiger charge is -2.30. The van der Waals surface area contributed by atoms with Gasteiger partial charge in [-0.15, -0.1) is 0 Å². The fourth-order valence-electron chi connectivity index (χ4n) is 3.15. The van der Waals surface area contributed by atoms with Crippen molar-refractivity contribution in [2.75, 3.05) is 0 Å². The zero-order valence-electron chi connectivity index (χ0n) is 9.66. The van der Waals surface area contributed by atoms with Crippen LogP contribution in [0.5, 0.6) is 0 Å². The van der Waals surface area contributed by atoms with Crippen LogP contribution in [0.25, 0.3) is 0 Å². The van der Waals surface area contributed by atoms with E-state index in [0.717, 1.165) is 6.08 Å². The number of fused-ring (bicyclic) bond motifs is 1. The Labute approximate surface area is 103 Å². The van der Waals surface area contributed by atoms with Gasteiger partial charge in [0.05, 0.1) is 12.2 Å². The van der Waals surface area contributed by atoms with Gasteiger partial charge in [-0.05, 0) is 0 Å². The summed E-state index contributed by atoms with van der Waals surface area (Å²) < 4.78 is 16.0. The Morgan fingerprint density at radius 3 is 2.94 bits per heavy atom. The first-order valence-corrected chi connectivity index (χ1v) is 5.67. The van der Waals surface area contributed by atoms with Crippen LogP contribution in [0.1, 0.15) is 6.92 Å². The zero-order chi connectivity index (χ0) is 13.1. The van der Waals surface area contributed by atoms with E-state index in [-0.39, 0.29) is 5.92 Å². The second-order valence-corrected chi connectivity index (χ2v) is 4.78. The number of nitriles is 1. The number of rotatable bonds is 2. The van der Waals surface area contributed by atoms with Crippen LogP contribution in [0.4, 0.5) is 0 Å². The average Bonchev–Trinajstić information content (AvgIpc) is 2.90. The van der Waals surface area contributed by atoms with Gasteiger partial charge >= 0.3 is 11.9 Å². The summed E-state index contributed by atoms with van der Waals surface area (Å²) in [7, 11) is 0. The monoisotopic (exact) mass is 249 g/mol. The molecule has 0 spiro atoms. The minimum absolute atomic E-state index is 0.0679. The third kappa shape index (κ3) is 1.01. The zero-order valence-corrected chi connectivity index (χ0v) is 9.66. The summed E-state index contributed by atoms with van der Waals surface area (Å²) in [6, 6.07) is 2.02. The van der Waals surface area contributed by atoms with Crippen molar-refractivity contribution in [1.29, 1.82) is 5.26 Å². The van der Waals surface area contributed by atoms with Gasteiger partial charge in [0.25, 0.3) is 5.60 Å². The number of carbonyl (C=O) groups excluding carboxylic acids is 2. The quantitative estimate of drug-likeness (QED) is 0.503. The smallest absolute Gasteiger partial charge is 0.355 e. The summed E-state index contributed by atoms with van der Waals surface area (Å²) in [6.45, 7) is 5.14. The van der Waals surface area contributed by atoms with E-state index in [9.17, 15) is 14.9 Å². The summed E-state index contributed by atoms with van der Waals surface area (Å²) in [6.07, 6.45) is -0.600. The van der Waals surface area contributed by atoms with Gasteiger partial charge in [0.15, 0.2) is 0 Å². The van der Waals surface area contributed by atoms with Crippen molar-refractivity contribution < 1.29 is 23.8 Å². The van der Waals surface area contributed by atoms with Crippen molar-refractivity contribution >= 4 is 11.9 Å². The Kier molecular flexibility index (Phi) is 2.08. The van der Waals surface area contributed by atoms with Crippen molar-refractivity contribution in [3.8, 4) is 6.07 Å². The Morgan fingerprint density at radius 2 is 2.33 bits per heavy atom. The van der Waals surface area contributed by atoms with Gasteiger partial charge in [-0.2, -0.15) is 5.26 Å². The van der Waals surface area contributed by atoms with Gasteiger partial charge < -0.3 is 14.2 Å². The number of ether oxygens (including phenoxy) is 3. The minimum atomic E-state index is -1.61. The Bertz CT molecular complexity index is 495. The number of hydrogen-bond acceptors (Lipinski definition) is 6. The van der Waals surface area contributed by atoms with Crippen molar-refractivity contribution in [2.24, 2.45) is 11.8 Å². The maximum Gasteiger partial charge on any atom is 0.355 e. The normalized spacial score (nSPS) is 47.6. The molecule has 6 heteroatoms. The molecule has 94 valence electrons. The lowest BCUT2D eigenvalue weighted by molar-refractivity contribution is -0.173. The number of nitrogens with zero attached hydrogens (tertiary/aromatic N) is 1. The molecule has 0 aromatic carbocycles. The molecule has 0 aliphatic carbocycles. The highest BCUT2D eigenvalue weighted by atomic mass is 16.7. The SMILES string of the molecule is C=CC(=O)OC12C(=O)OC3C(C)C(OC31)C2C#N. The second kappa shape index (κ2) is 3.33. The van der Waals surface area contributed by atoms with Crippen LogP contribution in [0, 0.1) is 23.2 Å². The Hall–Kier alpha value is -1.87. The summed E-state index contributed by atoms with van der Waals surface area (Å²) >= 11 is 0. The first kappa shape index (κ1) is 11.2. The number of carbonyl (C=O) groups is 2. The van der Waals surface area contributed by atoms with E-state index < -0.39 is 41.8 Å². The molecule has 3 aliphatic heterocycles. The number of hydrogen-bond donors (Lipinski definition) is 0. The molecule has 6 nitrogen and oxygen atoms in total. The van der Waals surface area contributed by atoms with E-state index in [4.69, 9.17) is 14.2 Å². The van der Waals surface area contributed by atoms with Crippen LogP contribution in [0.2, 0.25) is 0 Å². The first-order valence-electron chi connectivity index (χ1n) is 5.67. The molecule has 3 fully saturated rings. The maximum atomic E-state index is 12.0. The van der Waals surface area contributed by atoms with Crippen LogP contribution in [-0.2, 0) is 23.8 Å². The molecule has 2 bridgehead atoms. The van der Waals surface area contributed by atoms with Crippen molar-refractivity contribution in [1.82, 2.24) is 0 Å². The predicted molar refractivity (Wildman–Crippen MR) is 55.8 cm³/mol. The molecule has 0 aromatic rings. The van der Waals surface area contributed by atoms with Crippen molar-refractivity contribution in [3.05, 3.63) is 12.7 Å². The van der Waals surface area contributed by atoms with E-state index >= 15 is 0 Å². The van der Waals surface area contributed by atoms with E-state index in [2.05, 4.69) is 6.58 Å². The second-order valence-electron chi connectivity index (χ2n) is 4.78. The number of esters is 2. The fourth-order valence-corrected chi connectivity index (χ4v) is 3.15. The average molecular weight is 249 g/mol. The van der Waals surface area contributed by atoms with Gasteiger partial charge in [0, 0.05) is 12.0 Å². The molecule has 3 heterocycles. The summed E-state index contributed by atoms with van der Waals surface area (Å²) in [4.78, 5) is 23.4. The summed E-state index contributed by atoms with van der Waals surface area (Å²) in [5.41, 5.74) is -1.61. The molecule has 0 amide bonds. The van der Waals surface area contributed by atoms with E-state index in [1.54, 1.807) is 0 Å². The summed E-state index contributed by atoms with van der Waals surface area (Å²) in [5, 5.41) is 9.24. The molecular weight excluding hydrogens is 238 g/mol. The molecule has 6 unspecified atom stereocenters. The molecule has 0 radical (unpaired) electrons. The third-order valence-corrected chi connectivity index (χ3v) is 3.99. The molecule has 3 rings (SSSR count). The largest absolute Gasteiger partial charge is 0.456 e. The highest BCUT2D eigenvalue weighted by molar-refractivity contribution is 5.91. The first-order chi connectivity index (χ1) is 8.56. The highest BCUT2D eigenvalue weighted by Crippen LogP contribution is 2.56. The molecule has 0 saturated carbocycles. The van der Waals surface area contributed by atoms with Crippen LogP contribution in [0.3, 0.4) is 0 Å². The Balaban J connectivity index is 2.07. The molecular formula is C12H11NO5. The van der Waals surface area contributed by atoms with E-state index in [1.807, 2.05) is 13.0 Å². The van der Waals surface area contributed by atoms with Crippen LogP contribution in [0.15, 0.2) is 12.7 Å². The lowest BCUT2D eigenvalue weighted by Crippen LogP contribution is -2.55. The lowest BCUT2D eigenvalue weighted by atomic mass is 9.72. The third-order valence-electron chi connectivity index (χ3n) is 3.99. The molecule has 3 saturated heterocycles. The molecule has 3 aliphatic rings. The Morgan fingerprint density at radius 1 is 1.61 bits per heavy atom. The van der Waals surface area contributed by atoms with Crippen molar-refractivity contribution in [2.45, 2.75) is 30.8 Å². The highest BCUT2D eigenvalue weighted by Gasteiger charge is 2.79. The van der Waals surface area contributed by atoms with Gasteiger partial charge in [-0.3, -0.25) is 0 Å². The minimum Gasteiger partial charge on any atom is -0.456 e. The van der Waals surface area contributed by atoms with Gasteiger partial charge in [0.2, 0.25) is 0 Å². The van der Waals surface area contributed by atoms with E-state index in [1.165, 1.54) is 0 Å². The molecule has 18 heavy (non-hydrogen) atoms. The van der Waals surface area contributed by atoms with Crippen LogP contribution in [-0.4, -0.2) is 35.9 Å². The van der Waals surface area contributed by atoms with Gasteiger partial charge in [0.1, 0.15) is 18.1 Å². The van der Waals surface area contributed by atoms with Crippen molar-refractivity contribution in [3.63, 3.8) is 0 Å². The van der Waals surface area contributed by atoms with Gasteiger partial charge in [-0.1, -0.05) is 13.5 Å². The molecule has 0 aromatic heterocycles.